The number of hydrogen-bond donors (Lipinski definition) is 2. The van der Waals surface area contributed by atoms with E-state index in [1.165, 1.54) is 0 Å². The Balaban J connectivity index is 2.75. The summed E-state index contributed by atoms with van der Waals surface area (Å²) in [6, 6.07) is 0. The zero-order valence-electron chi connectivity index (χ0n) is 6.97. The fraction of sp³-hybridized carbons (Fsp3) is 0.875. The second-order valence-electron chi connectivity index (χ2n) is 3.40. The van der Waals surface area contributed by atoms with Gasteiger partial charge in [0.05, 0.1) is 5.54 Å². The summed E-state index contributed by atoms with van der Waals surface area (Å²) in [6.07, 6.45) is 3.81. The van der Waals surface area contributed by atoms with Gasteiger partial charge in [-0.3, -0.25) is 4.79 Å². The normalized spacial score (nSPS) is 37.5. The molecular weight excluding hydrogens is 140 g/mol. The Kier molecular flexibility index (Phi) is 2.18. The minimum Gasteiger partial charge on any atom is -0.368 e. The fourth-order valence-corrected chi connectivity index (χ4v) is 2.00. The Labute approximate surface area is 67.1 Å². The van der Waals surface area contributed by atoms with Crippen LogP contribution in [0.15, 0.2) is 0 Å². The van der Waals surface area contributed by atoms with Crippen LogP contribution in [0.4, 0.5) is 0 Å². The van der Waals surface area contributed by atoms with Gasteiger partial charge in [-0.2, -0.15) is 0 Å². The molecule has 1 aliphatic carbocycles. The van der Waals surface area contributed by atoms with Gasteiger partial charge in [-0.15, -0.1) is 0 Å². The molecule has 0 unspecified atom stereocenters. The van der Waals surface area contributed by atoms with Gasteiger partial charge in [0.25, 0.3) is 0 Å². The molecule has 2 atom stereocenters. The largest absolute Gasteiger partial charge is 0.368 e. The maximum Gasteiger partial charge on any atom is 0.237 e. The van der Waals surface area contributed by atoms with Crippen molar-refractivity contribution in [1.29, 1.82) is 0 Å². The Hall–Kier alpha value is -0.570. The SMILES string of the molecule is CC[C@@H]1CCC[C@@]1(N)C(N)=O. The second kappa shape index (κ2) is 2.81. The summed E-state index contributed by atoms with van der Waals surface area (Å²) in [5.74, 6) is -0.0261. The molecule has 3 heteroatoms. The van der Waals surface area contributed by atoms with E-state index in [0.717, 1.165) is 25.7 Å². The maximum atomic E-state index is 11.0. The van der Waals surface area contributed by atoms with Crippen LogP contribution >= 0.6 is 0 Å². The van der Waals surface area contributed by atoms with E-state index in [-0.39, 0.29) is 5.91 Å². The first-order valence-electron chi connectivity index (χ1n) is 4.20. The Morgan fingerprint density at radius 2 is 2.36 bits per heavy atom. The summed E-state index contributed by atoms with van der Waals surface area (Å²) in [5.41, 5.74) is 10.4. The van der Waals surface area contributed by atoms with Crippen LogP contribution < -0.4 is 11.5 Å². The van der Waals surface area contributed by atoms with Crippen molar-refractivity contribution in [2.24, 2.45) is 17.4 Å². The summed E-state index contributed by atoms with van der Waals surface area (Å²) < 4.78 is 0. The van der Waals surface area contributed by atoms with E-state index in [9.17, 15) is 4.79 Å². The topological polar surface area (TPSA) is 69.1 Å². The van der Waals surface area contributed by atoms with E-state index < -0.39 is 5.54 Å². The van der Waals surface area contributed by atoms with Crippen LogP contribution in [0.5, 0.6) is 0 Å². The highest BCUT2D eigenvalue weighted by molar-refractivity contribution is 5.85. The van der Waals surface area contributed by atoms with Gasteiger partial charge in [0, 0.05) is 0 Å². The van der Waals surface area contributed by atoms with E-state index in [2.05, 4.69) is 6.92 Å². The predicted molar refractivity (Wildman–Crippen MR) is 43.7 cm³/mol. The lowest BCUT2D eigenvalue weighted by Gasteiger charge is -2.26. The highest BCUT2D eigenvalue weighted by Gasteiger charge is 2.43. The van der Waals surface area contributed by atoms with Crippen molar-refractivity contribution in [2.75, 3.05) is 0 Å². The Morgan fingerprint density at radius 1 is 1.73 bits per heavy atom. The van der Waals surface area contributed by atoms with Crippen molar-refractivity contribution in [3.63, 3.8) is 0 Å². The number of carbonyl (C=O) groups excluding carboxylic acids is 1. The molecule has 1 amide bonds. The van der Waals surface area contributed by atoms with Crippen molar-refractivity contribution >= 4 is 5.91 Å². The average Bonchev–Trinajstić information content (AvgIpc) is 2.32. The van der Waals surface area contributed by atoms with Crippen molar-refractivity contribution in [1.82, 2.24) is 0 Å². The molecule has 4 N–H and O–H groups in total. The van der Waals surface area contributed by atoms with Crippen LogP contribution in [0.1, 0.15) is 32.6 Å². The summed E-state index contributed by atoms with van der Waals surface area (Å²) in [7, 11) is 0. The van der Waals surface area contributed by atoms with Gasteiger partial charge in [-0.1, -0.05) is 19.8 Å². The van der Waals surface area contributed by atoms with E-state index in [1.807, 2.05) is 0 Å². The van der Waals surface area contributed by atoms with Gasteiger partial charge >= 0.3 is 0 Å². The first kappa shape index (κ1) is 8.53. The number of amides is 1. The highest BCUT2D eigenvalue weighted by atomic mass is 16.1. The lowest BCUT2D eigenvalue weighted by atomic mass is 9.85. The molecule has 0 aromatic rings. The Morgan fingerprint density at radius 3 is 2.73 bits per heavy atom. The number of nitrogens with two attached hydrogens (primary N) is 2. The summed E-state index contributed by atoms with van der Waals surface area (Å²) in [5, 5.41) is 0. The summed E-state index contributed by atoms with van der Waals surface area (Å²) >= 11 is 0. The minimum absolute atomic E-state index is 0.306. The average molecular weight is 156 g/mol. The van der Waals surface area contributed by atoms with Gasteiger partial charge in [0.2, 0.25) is 5.91 Å². The number of rotatable bonds is 2. The zero-order valence-corrected chi connectivity index (χ0v) is 6.97. The molecule has 1 fully saturated rings. The van der Waals surface area contributed by atoms with E-state index in [1.54, 1.807) is 0 Å². The first-order valence-corrected chi connectivity index (χ1v) is 4.20. The first-order chi connectivity index (χ1) is 5.11. The highest BCUT2D eigenvalue weighted by Crippen LogP contribution is 2.35. The number of carbonyl (C=O) groups is 1. The molecule has 3 nitrogen and oxygen atoms in total. The van der Waals surface area contributed by atoms with E-state index in [0.29, 0.717) is 5.92 Å². The van der Waals surface area contributed by atoms with Gasteiger partial charge < -0.3 is 11.5 Å². The molecule has 0 heterocycles. The van der Waals surface area contributed by atoms with Crippen LogP contribution in [0.25, 0.3) is 0 Å². The molecule has 11 heavy (non-hydrogen) atoms. The monoisotopic (exact) mass is 156 g/mol. The standard InChI is InChI=1S/C8H16N2O/c1-2-6-4-3-5-8(6,10)7(9)11/h6H,2-5,10H2,1H3,(H2,9,11)/t6-,8+/m1/s1. The smallest absolute Gasteiger partial charge is 0.237 e. The van der Waals surface area contributed by atoms with E-state index in [4.69, 9.17) is 11.5 Å². The third-order valence-electron chi connectivity index (χ3n) is 2.82. The van der Waals surface area contributed by atoms with E-state index >= 15 is 0 Å². The maximum absolute atomic E-state index is 11.0. The van der Waals surface area contributed by atoms with Crippen LogP contribution in [0.3, 0.4) is 0 Å². The lowest BCUT2D eigenvalue weighted by molar-refractivity contribution is -0.124. The number of primary amides is 1. The second-order valence-corrected chi connectivity index (χ2v) is 3.40. The van der Waals surface area contributed by atoms with Crippen molar-refractivity contribution in [3.8, 4) is 0 Å². The predicted octanol–water partition coefficient (Wildman–Crippen LogP) is 0.379. The molecule has 1 rings (SSSR count). The van der Waals surface area contributed by atoms with Crippen LogP contribution in [-0.2, 0) is 4.79 Å². The molecule has 0 aromatic heterocycles. The quantitative estimate of drug-likeness (QED) is 0.606. The van der Waals surface area contributed by atoms with Gasteiger partial charge in [-0.25, -0.2) is 0 Å². The zero-order chi connectivity index (χ0) is 8.48. The van der Waals surface area contributed by atoms with Crippen LogP contribution in [-0.4, -0.2) is 11.4 Å². The van der Waals surface area contributed by atoms with Crippen molar-refractivity contribution in [2.45, 2.75) is 38.1 Å². The number of hydrogen-bond acceptors (Lipinski definition) is 2. The molecule has 1 aliphatic rings. The van der Waals surface area contributed by atoms with Crippen LogP contribution in [0, 0.1) is 5.92 Å². The lowest BCUT2D eigenvalue weighted by Crippen LogP contribution is -2.54. The molecule has 1 saturated carbocycles. The molecule has 0 bridgehead atoms. The third-order valence-corrected chi connectivity index (χ3v) is 2.82. The summed E-state index contributed by atoms with van der Waals surface area (Å²) in [6.45, 7) is 2.06. The van der Waals surface area contributed by atoms with Gasteiger partial charge in [0.15, 0.2) is 0 Å². The molecule has 0 radical (unpaired) electrons. The fourth-order valence-electron chi connectivity index (χ4n) is 2.00. The van der Waals surface area contributed by atoms with Gasteiger partial charge in [-0.05, 0) is 18.8 Å². The molecule has 0 aliphatic heterocycles. The Bertz CT molecular complexity index is 169. The molecule has 0 spiro atoms. The summed E-state index contributed by atoms with van der Waals surface area (Å²) in [4.78, 5) is 11.0. The van der Waals surface area contributed by atoms with Gasteiger partial charge in [0.1, 0.15) is 0 Å². The van der Waals surface area contributed by atoms with Crippen LogP contribution in [0.2, 0.25) is 0 Å². The minimum atomic E-state index is -0.700. The molecule has 0 aromatic carbocycles. The molecule has 64 valence electrons. The molecule has 0 saturated heterocycles. The molecular formula is C8H16N2O. The van der Waals surface area contributed by atoms with Crippen molar-refractivity contribution < 1.29 is 4.79 Å². The third kappa shape index (κ3) is 1.25. The van der Waals surface area contributed by atoms with Crippen molar-refractivity contribution in [3.05, 3.63) is 0 Å².